The lowest BCUT2D eigenvalue weighted by molar-refractivity contribution is -0.386. The van der Waals surface area contributed by atoms with Gasteiger partial charge in [0, 0.05) is 29.3 Å². The predicted octanol–water partition coefficient (Wildman–Crippen LogP) is 3.68. The van der Waals surface area contributed by atoms with Crippen molar-refractivity contribution in [2.24, 2.45) is 0 Å². The molecule has 0 atom stereocenters. The highest BCUT2D eigenvalue weighted by Crippen LogP contribution is 2.34. The van der Waals surface area contributed by atoms with Crippen molar-refractivity contribution in [2.75, 3.05) is 12.4 Å². The summed E-state index contributed by atoms with van der Waals surface area (Å²) in [6.45, 7) is 2.00. The number of nitro benzene ring substituents is 1. The van der Waals surface area contributed by atoms with Gasteiger partial charge in [0.15, 0.2) is 5.75 Å². The number of hydrogen-bond donors (Lipinski definition) is 1. The highest BCUT2D eigenvalue weighted by atomic mass is 79.9. The Hall–Kier alpha value is -2.15. The molecule has 0 fully saturated rings. The van der Waals surface area contributed by atoms with Crippen LogP contribution < -0.4 is 10.1 Å². The van der Waals surface area contributed by atoms with Crippen LogP contribution in [0.1, 0.15) is 11.1 Å². The van der Waals surface area contributed by atoms with Crippen molar-refractivity contribution in [1.29, 1.82) is 0 Å². The van der Waals surface area contributed by atoms with E-state index in [4.69, 9.17) is 4.74 Å². The average molecular weight is 352 g/mol. The molecule has 0 amide bonds. The molecule has 0 aliphatic rings. The largest absolute Gasteiger partial charge is 0.482 e. The number of aryl methyl sites for hydroxylation is 1. The molecule has 1 heterocycles. The second-order valence-corrected chi connectivity index (χ2v) is 5.33. The van der Waals surface area contributed by atoms with Gasteiger partial charge in [-0.25, -0.2) is 4.98 Å². The number of nitro groups is 1. The van der Waals surface area contributed by atoms with Crippen molar-refractivity contribution in [3.8, 4) is 5.75 Å². The van der Waals surface area contributed by atoms with Crippen LogP contribution in [0.5, 0.6) is 5.75 Å². The van der Waals surface area contributed by atoms with Gasteiger partial charge in [-0.15, -0.1) is 0 Å². The molecule has 0 aliphatic heterocycles. The van der Waals surface area contributed by atoms with Gasteiger partial charge in [0.2, 0.25) is 0 Å². The number of anilines is 1. The smallest absolute Gasteiger partial charge is 0.312 e. The second-order valence-electron chi connectivity index (χ2n) is 4.42. The van der Waals surface area contributed by atoms with Gasteiger partial charge in [-0.3, -0.25) is 10.1 Å². The van der Waals surface area contributed by atoms with Gasteiger partial charge in [0.1, 0.15) is 12.4 Å². The number of ether oxygens (including phenoxy) is 1. The summed E-state index contributed by atoms with van der Waals surface area (Å²) in [5, 5.41) is 14.0. The number of aromatic nitrogens is 1. The van der Waals surface area contributed by atoms with Crippen molar-refractivity contribution in [1.82, 2.24) is 4.98 Å². The third-order valence-electron chi connectivity index (χ3n) is 2.88. The molecule has 6 nitrogen and oxygen atoms in total. The fraction of sp³-hybridized carbons (Fsp3) is 0.214. The van der Waals surface area contributed by atoms with E-state index in [1.165, 1.54) is 6.07 Å². The zero-order valence-corrected chi connectivity index (χ0v) is 13.2. The number of benzene rings is 1. The summed E-state index contributed by atoms with van der Waals surface area (Å²) in [5.74, 6) is 1.03. The highest BCUT2D eigenvalue weighted by molar-refractivity contribution is 9.10. The predicted molar refractivity (Wildman–Crippen MR) is 83.6 cm³/mol. The van der Waals surface area contributed by atoms with Crippen LogP contribution in [0, 0.1) is 17.0 Å². The van der Waals surface area contributed by atoms with E-state index >= 15 is 0 Å². The first-order chi connectivity index (χ1) is 10.0. The van der Waals surface area contributed by atoms with Gasteiger partial charge in [-0.05, 0) is 24.6 Å². The summed E-state index contributed by atoms with van der Waals surface area (Å²) in [7, 11) is 1.78. The first kappa shape index (κ1) is 15.2. The molecule has 1 aromatic heterocycles. The molecular formula is C14H14BrN3O3. The number of nitrogens with zero attached hydrogens (tertiary/aromatic N) is 2. The lowest BCUT2D eigenvalue weighted by Gasteiger charge is -2.10. The van der Waals surface area contributed by atoms with Crippen LogP contribution in [0.4, 0.5) is 11.5 Å². The molecular weight excluding hydrogens is 338 g/mol. The van der Waals surface area contributed by atoms with E-state index < -0.39 is 4.92 Å². The van der Waals surface area contributed by atoms with Crippen molar-refractivity contribution in [2.45, 2.75) is 13.5 Å². The Kier molecular flexibility index (Phi) is 4.74. The molecule has 110 valence electrons. The molecule has 0 saturated carbocycles. The number of hydrogen-bond acceptors (Lipinski definition) is 5. The van der Waals surface area contributed by atoms with Gasteiger partial charge >= 0.3 is 5.69 Å². The van der Waals surface area contributed by atoms with E-state index in [0.29, 0.717) is 10.0 Å². The standard InChI is InChI=1S/C14H14BrN3O3/c1-9-5-11(15)6-12(18(19)20)14(9)21-8-10-3-4-13(16-2)17-7-10/h3-7H,8H2,1-2H3,(H,16,17). The first-order valence-corrected chi connectivity index (χ1v) is 7.00. The summed E-state index contributed by atoms with van der Waals surface area (Å²) in [5.41, 5.74) is 1.49. The molecule has 0 spiro atoms. The van der Waals surface area contributed by atoms with Crippen molar-refractivity contribution < 1.29 is 9.66 Å². The van der Waals surface area contributed by atoms with Crippen molar-refractivity contribution >= 4 is 27.4 Å². The van der Waals surface area contributed by atoms with Crippen LogP contribution in [-0.4, -0.2) is 17.0 Å². The number of halogens is 1. The van der Waals surface area contributed by atoms with Crippen LogP contribution in [-0.2, 0) is 6.61 Å². The van der Waals surface area contributed by atoms with Gasteiger partial charge in [-0.2, -0.15) is 0 Å². The fourth-order valence-electron chi connectivity index (χ4n) is 1.85. The molecule has 21 heavy (non-hydrogen) atoms. The summed E-state index contributed by atoms with van der Waals surface area (Å²) in [6.07, 6.45) is 1.67. The lowest BCUT2D eigenvalue weighted by Crippen LogP contribution is -2.02. The van der Waals surface area contributed by atoms with Gasteiger partial charge in [-0.1, -0.05) is 22.0 Å². The molecule has 1 N–H and O–H groups in total. The third kappa shape index (κ3) is 3.69. The SMILES string of the molecule is CNc1ccc(COc2c(C)cc(Br)cc2[N+](=O)[O-])cn1. The Morgan fingerprint density at radius 2 is 2.19 bits per heavy atom. The van der Waals surface area contributed by atoms with Crippen LogP contribution in [0.2, 0.25) is 0 Å². The number of rotatable bonds is 5. The van der Waals surface area contributed by atoms with Crippen LogP contribution >= 0.6 is 15.9 Å². The van der Waals surface area contributed by atoms with E-state index in [2.05, 4.69) is 26.2 Å². The van der Waals surface area contributed by atoms with Crippen LogP contribution in [0.3, 0.4) is 0 Å². The van der Waals surface area contributed by atoms with Crippen molar-refractivity contribution in [3.63, 3.8) is 0 Å². The third-order valence-corrected chi connectivity index (χ3v) is 3.34. The van der Waals surface area contributed by atoms with E-state index in [1.54, 1.807) is 26.2 Å². The summed E-state index contributed by atoms with van der Waals surface area (Å²) in [6, 6.07) is 6.90. The molecule has 0 radical (unpaired) electrons. The molecule has 0 bridgehead atoms. The van der Waals surface area contributed by atoms with Gasteiger partial charge < -0.3 is 10.1 Å². The number of pyridine rings is 1. The summed E-state index contributed by atoms with van der Waals surface area (Å²) in [4.78, 5) is 14.8. The Morgan fingerprint density at radius 3 is 2.76 bits per heavy atom. The average Bonchev–Trinajstić information content (AvgIpc) is 2.46. The highest BCUT2D eigenvalue weighted by Gasteiger charge is 2.19. The van der Waals surface area contributed by atoms with E-state index in [1.807, 2.05) is 12.1 Å². The maximum absolute atomic E-state index is 11.1. The Labute approximate surface area is 130 Å². The quantitative estimate of drug-likeness (QED) is 0.656. The minimum absolute atomic E-state index is 0.0540. The molecule has 2 aromatic rings. The Morgan fingerprint density at radius 1 is 1.43 bits per heavy atom. The maximum atomic E-state index is 11.1. The normalized spacial score (nSPS) is 10.2. The Balaban J connectivity index is 2.20. The summed E-state index contributed by atoms with van der Waals surface area (Å²) < 4.78 is 6.27. The van der Waals surface area contributed by atoms with Gasteiger partial charge in [0.05, 0.1) is 4.92 Å². The topological polar surface area (TPSA) is 77.3 Å². The monoisotopic (exact) mass is 351 g/mol. The zero-order valence-electron chi connectivity index (χ0n) is 11.6. The maximum Gasteiger partial charge on any atom is 0.312 e. The second kappa shape index (κ2) is 6.53. The van der Waals surface area contributed by atoms with Crippen LogP contribution in [0.25, 0.3) is 0 Å². The molecule has 0 aliphatic carbocycles. The first-order valence-electron chi connectivity index (χ1n) is 6.21. The minimum atomic E-state index is -0.449. The lowest BCUT2D eigenvalue weighted by atomic mass is 10.2. The zero-order chi connectivity index (χ0) is 15.4. The van der Waals surface area contributed by atoms with E-state index in [0.717, 1.165) is 11.4 Å². The van der Waals surface area contributed by atoms with E-state index in [-0.39, 0.29) is 18.0 Å². The fourth-order valence-corrected chi connectivity index (χ4v) is 2.41. The molecule has 0 saturated heterocycles. The molecule has 1 aromatic carbocycles. The minimum Gasteiger partial charge on any atom is -0.482 e. The van der Waals surface area contributed by atoms with Crippen LogP contribution in [0.15, 0.2) is 34.9 Å². The molecule has 7 heteroatoms. The van der Waals surface area contributed by atoms with Crippen molar-refractivity contribution in [3.05, 3.63) is 56.2 Å². The Bertz CT molecular complexity index is 659. The molecule has 2 rings (SSSR count). The van der Waals surface area contributed by atoms with Gasteiger partial charge in [0.25, 0.3) is 0 Å². The number of nitrogens with one attached hydrogen (secondary N) is 1. The summed E-state index contributed by atoms with van der Waals surface area (Å²) >= 11 is 3.25. The van der Waals surface area contributed by atoms with E-state index in [9.17, 15) is 10.1 Å². The molecule has 0 unspecified atom stereocenters.